The van der Waals surface area contributed by atoms with Crippen molar-refractivity contribution in [2.75, 3.05) is 0 Å². The molecule has 0 amide bonds. The van der Waals surface area contributed by atoms with E-state index in [1.165, 1.54) is 0 Å². The van der Waals surface area contributed by atoms with Crippen molar-refractivity contribution < 1.29 is 9.18 Å². The van der Waals surface area contributed by atoms with E-state index in [9.17, 15) is 9.18 Å². The number of carbonyl (C=O) groups excluding carboxylic acids is 1. The van der Waals surface area contributed by atoms with Crippen LogP contribution in [0.3, 0.4) is 0 Å². The van der Waals surface area contributed by atoms with E-state index in [-0.39, 0.29) is 17.0 Å². The van der Waals surface area contributed by atoms with Crippen LogP contribution in [0.15, 0.2) is 35.9 Å². The summed E-state index contributed by atoms with van der Waals surface area (Å²) in [5.74, 6) is 0.0422. The maximum absolute atomic E-state index is 14.3. The van der Waals surface area contributed by atoms with Crippen molar-refractivity contribution in [1.29, 1.82) is 0 Å². The van der Waals surface area contributed by atoms with Crippen molar-refractivity contribution in [2.45, 2.75) is 44.9 Å². The van der Waals surface area contributed by atoms with Gasteiger partial charge >= 0.3 is 0 Å². The number of allylic oxidation sites excluding steroid dienone is 4. The first-order chi connectivity index (χ1) is 9.64. The van der Waals surface area contributed by atoms with E-state index >= 15 is 0 Å². The minimum absolute atomic E-state index is 0.132. The van der Waals surface area contributed by atoms with Crippen molar-refractivity contribution in [2.24, 2.45) is 0 Å². The molecule has 0 heterocycles. The van der Waals surface area contributed by atoms with E-state index < -0.39 is 0 Å². The van der Waals surface area contributed by atoms with Crippen molar-refractivity contribution >= 4 is 11.4 Å². The summed E-state index contributed by atoms with van der Waals surface area (Å²) in [5, 5.41) is 0. The molecule has 1 unspecified atom stereocenters. The van der Waals surface area contributed by atoms with E-state index in [1.54, 1.807) is 18.2 Å². The van der Waals surface area contributed by atoms with Gasteiger partial charge in [0, 0.05) is 17.4 Å². The van der Waals surface area contributed by atoms with Crippen LogP contribution in [0.5, 0.6) is 0 Å². The first-order valence-corrected chi connectivity index (χ1v) is 7.38. The van der Waals surface area contributed by atoms with Crippen LogP contribution in [0.25, 0.3) is 5.57 Å². The zero-order valence-electron chi connectivity index (χ0n) is 12.0. The molecule has 104 valence electrons. The SMILES string of the molecule is CCC1=C2C=CC(=O)CCC2(CC)c2cccc(F)c21. The van der Waals surface area contributed by atoms with Gasteiger partial charge in [0.2, 0.25) is 0 Å². The molecule has 1 aromatic carbocycles. The lowest BCUT2D eigenvalue weighted by molar-refractivity contribution is -0.114. The van der Waals surface area contributed by atoms with Crippen molar-refractivity contribution in [3.63, 3.8) is 0 Å². The Bertz CT molecular complexity index is 639. The molecule has 3 rings (SSSR count). The van der Waals surface area contributed by atoms with Gasteiger partial charge in [0.05, 0.1) is 0 Å². The minimum atomic E-state index is -0.175. The molecule has 0 fully saturated rings. The minimum Gasteiger partial charge on any atom is -0.295 e. The Balaban J connectivity index is 2.34. The summed E-state index contributed by atoms with van der Waals surface area (Å²) in [6, 6.07) is 5.37. The van der Waals surface area contributed by atoms with Crippen LogP contribution in [0.4, 0.5) is 4.39 Å². The van der Waals surface area contributed by atoms with Crippen molar-refractivity contribution in [1.82, 2.24) is 0 Å². The molecule has 0 bridgehead atoms. The largest absolute Gasteiger partial charge is 0.295 e. The number of carbonyl (C=O) groups is 1. The standard InChI is InChI=1S/C18H19FO/c1-3-13-14-9-8-12(20)10-11-18(14,4-2)15-6-5-7-16(19)17(13)15/h5-9H,3-4,10-11H2,1-2H3. The maximum Gasteiger partial charge on any atom is 0.155 e. The van der Waals surface area contributed by atoms with Gasteiger partial charge in [-0.3, -0.25) is 4.79 Å². The second kappa shape index (κ2) is 4.69. The first-order valence-electron chi connectivity index (χ1n) is 7.38. The highest BCUT2D eigenvalue weighted by Crippen LogP contribution is 2.53. The molecule has 2 aliphatic carbocycles. The number of hydrogen-bond acceptors (Lipinski definition) is 1. The Hall–Kier alpha value is -1.70. The second-order valence-corrected chi connectivity index (χ2v) is 5.64. The molecule has 0 aliphatic heterocycles. The average Bonchev–Trinajstić information content (AvgIpc) is 2.62. The third kappa shape index (κ3) is 1.64. The smallest absolute Gasteiger partial charge is 0.155 e. The molecule has 2 aliphatic rings. The Morgan fingerprint density at radius 1 is 1.25 bits per heavy atom. The zero-order valence-corrected chi connectivity index (χ0v) is 12.0. The molecule has 20 heavy (non-hydrogen) atoms. The Morgan fingerprint density at radius 2 is 2.05 bits per heavy atom. The summed E-state index contributed by atoms with van der Waals surface area (Å²) in [7, 11) is 0. The molecule has 2 heteroatoms. The number of fused-ring (bicyclic) bond motifs is 3. The molecule has 1 atom stereocenters. The summed E-state index contributed by atoms with van der Waals surface area (Å²) in [6.07, 6.45) is 6.64. The van der Waals surface area contributed by atoms with Crippen LogP contribution >= 0.6 is 0 Å². The lowest BCUT2D eigenvalue weighted by Crippen LogP contribution is -2.25. The van der Waals surface area contributed by atoms with E-state index in [2.05, 4.69) is 13.8 Å². The molecule has 0 spiro atoms. The van der Waals surface area contributed by atoms with Crippen LogP contribution in [0.2, 0.25) is 0 Å². The van der Waals surface area contributed by atoms with Gasteiger partial charge < -0.3 is 0 Å². The summed E-state index contributed by atoms with van der Waals surface area (Å²) in [6.45, 7) is 4.20. The van der Waals surface area contributed by atoms with E-state index in [0.29, 0.717) is 6.42 Å². The van der Waals surface area contributed by atoms with E-state index in [4.69, 9.17) is 0 Å². The fourth-order valence-electron chi connectivity index (χ4n) is 3.85. The molecule has 0 radical (unpaired) electrons. The quantitative estimate of drug-likeness (QED) is 0.769. The fraction of sp³-hybridized carbons (Fsp3) is 0.389. The Morgan fingerprint density at radius 3 is 2.75 bits per heavy atom. The summed E-state index contributed by atoms with van der Waals surface area (Å²) in [4.78, 5) is 11.8. The third-order valence-electron chi connectivity index (χ3n) is 4.86. The van der Waals surface area contributed by atoms with Crippen LogP contribution in [-0.4, -0.2) is 5.78 Å². The molecule has 0 saturated carbocycles. The first kappa shape index (κ1) is 13.3. The predicted molar refractivity (Wildman–Crippen MR) is 79.0 cm³/mol. The van der Waals surface area contributed by atoms with E-state index in [1.807, 2.05) is 12.1 Å². The Labute approximate surface area is 119 Å². The zero-order chi connectivity index (χ0) is 14.3. The van der Waals surface area contributed by atoms with Crippen LogP contribution < -0.4 is 0 Å². The maximum atomic E-state index is 14.3. The van der Waals surface area contributed by atoms with Gasteiger partial charge in [-0.05, 0) is 48.1 Å². The normalized spacial score (nSPS) is 24.6. The Kier molecular flexibility index (Phi) is 3.12. The van der Waals surface area contributed by atoms with Crippen LogP contribution in [0.1, 0.15) is 50.7 Å². The summed E-state index contributed by atoms with van der Waals surface area (Å²) >= 11 is 0. The van der Waals surface area contributed by atoms with Gasteiger partial charge in [-0.2, -0.15) is 0 Å². The molecule has 0 N–H and O–H groups in total. The monoisotopic (exact) mass is 270 g/mol. The summed E-state index contributed by atoms with van der Waals surface area (Å²) in [5.41, 5.74) is 3.92. The third-order valence-corrected chi connectivity index (χ3v) is 4.86. The van der Waals surface area contributed by atoms with Gasteiger partial charge in [-0.1, -0.05) is 32.1 Å². The molecule has 1 aromatic rings. The molecular formula is C18H19FO. The molecular weight excluding hydrogens is 251 g/mol. The number of benzene rings is 1. The molecule has 0 saturated heterocycles. The molecule has 1 nitrogen and oxygen atoms in total. The number of halogens is 1. The topological polar surface area (TPSA) is 17.1 Å². The van der Waals surface area contributed by atoms with Gasteiger partial charge in [-0.25, -0.2) is 4.39 Å². The summed E-state index contributed by atoms with van der Waals surface area (Å²) < 4.78 is 14.3. The lowest BCUT2D eigenvalue weighted by atomic mass is 9.72. The lowest BCUT2D eigenvalue weighted by Gasteiger charge is -2.31. The highest BCUT2D eigenvalue weighted by atomic mass is 19.1. The highest BCUT2D eigenvalue weighted by molar-refractivity contribution is 5.93. The predicted octanol–water partition coefficient (Wildman–Crippen LogP) is 4.57. The van der Waals surface area contributed by atoms with Gasteiger partial charge in [0.15, 0.2) is 5.78 Å². The van der Waals surface area contributed by atoms with Gasteiger partial charge in [0.25, 0.3) is 0 Å². The van der Waals surface area contributed by atoms with Crippen molar-refractivity contribution in [3.8, 4) is 0 Å². The highest BCUT2D eigenvalue weighted by Gasteiger charge is 2.44. The van der Waals surface area contributed by atoms with Gasteiger partial charge in [-0.15, -0.1) is 0 Å². The second-order valence-electron chi connectivity index (χ2n) is 5.64. The average molecular weight is 270 g/mol. The number of ketones is 1. The van der Waals surface area contributed by atoms with Gasteiger partial charge in [0.1, 0.15) is 5.82 Å². The number of rotatable bonds is 2. The van der Waals surface area contributed by atoms with Crippen LogP contribution in [0, 0.1) is 5.82 Å². The number of hydrogen-bond donors (Lipinski definition) is 0. The fourth-order valence-corrected chi connectivity index (χ4v) is 3.85. The van der Waals surface area contributed by atoms with E-state index in [0.717, 1.165) is 41.5 Å². The molecule has 0 aromatic heterocycles. The van der Waals surface area contributed by atoms with Crippen molar-refractivity contribution in [3.05, 3.63) is 52.9 Å². The van der Waals surface area contributed by atoms with Crippen LogP contribution in [-0.2, 0) is 10.2 Å².